The Morgan fingerprint density at radius 2 is 1.85 bits per heavy atom. The van der Waals surface area contributed by atoms with Crippen molar-refractivity contribution in [3.05, 3.63) is 11.6 Å². The Balaban J connectivity index is 1.39. The van der Waals surface area contributed by atoms with Crippen molar-refractivity contribution in [1.29, 1.82) is 0 Å². The van der Waals surface area contributed by atoms with E-state index >= 15 is 0 Å². The van der Waals surface area contributed by atoms with Crippen molar-refractivity contribution in [2.75, 3.05) is 13.2 Å². The van der Waals surface area contributed by atoms with Gasteiger partial charge in [-0.05, 0) is 67.8 Å². The summed E-state index contributed by atoms with van der Waals surface area (Å²) in [5.74, 6) is -3.53. The number of Topliss-reactive ketones (excluding diaryl/α,β-unsaturated/α-hetero) is 1. The fourth-order valence-corrected chi connectivity index (χ4v) is 8.16. The number of esters is 1. The van der Waals surface area contributed by atoms with Gasteiger partial charge in [-0.15, -0.1) is 0 Å². The first-order valence-electron chi connectivity index (χ1n) is 13.7. The van der Waals surface area contributed by atoms with Crippen LogP contribution >= 0.6 is 0 Å². The highest BCUT2D eigenvalue weighted by Gasteiger charge is 2.68. The lowest BCUT2D eigenvalue weighted by Gasteiger charge is -2.60. The van der Waals surface area contributed by atoms with Gasteiger partial charge < -0.3 is 30.5 Å². The number of ketones is 2. The number of hydrogen-bond donors (Lipinski definition) is 5. The highest BCUT2D eigenvalue weighted by Crippen LogP contribution is 2.67. The number of aliphatic hydroxyl groups is 3. The van der Waals surface area contributed by atoms with E-state index in [1.165, 1.54) is 0 Å². The van der Waals surface area contributed by atoms with Gasteiger partial charge in [0.1, 0.15) is 11.6 Å². The Kier molecular flexibility index (Phi) is 8.08. The van der Waals surface area contributed by atoms with E-state index < -0.39 is 72.8 Å². The van der Waals surface area contributed by atoms with Crippen LogP contribution in [0.15, 0.2) is 11.6 Å². The van der Waals surface area contributed by atoms with Gasteiger partial charge in [-0.25, -0.2) is 4.79 Å². The summed E-state index contributed by atoms with van der Waals surface area (Å²) >= 11 is 0. The second-order valence-corrected chi connectivity index (χ2v) is 12.2. The van der Waals surface area contributed by atoms with Gasteiger partial charge in [0.25, 0.3) is 0 Å². The van der Waals surface area contributed by atoms with Gasteiger partial charge in [0, 0.05) is 18.3 Å². The zero-order valence-corrected chi connectivity index (χ0v) is 22.5. The molecular formula is C28H39NO10. The Morgan fingerprint density at radius 1 is 1.13 bits per heavy atom. The van der Waals surface area contributed by atoms with Crippen molar-refractivity contribution in [3.8, 4) is 0 Å². The molecule has 0 aromatic heterocycles. The van der Waals surface area contributed by atoms with Crippen LogP contribution in [0.2, 0.25) is 0 Å². The highest BCUT2D eigenvalue weighted by atomic mass is 16.5. The Bertz CT molecular complexity index is 1090. The molecule has 0 aromatic rings. The van der Waals surface area contributed by atoms with E-state index in [-0.39, 0.29) is 41.8 Å². The van der Waals surface area contributed by atoms with Crippen LogP contribution in [0.4, 0.5) is 0 Å². The van der Waals surface area contributed by atoms with Crippen molar-refractivity contribution in [2.45, 2.75) is 89.4 Å². The average molecular weight is 550 g/mol. The van der Waals surface area contributed by atoms with Crippen molar-refractivity contribution in [1.82, 2.24) is 5.32 Å². The minimum Gasteiger partial charge on any atom is -0.480 e. The lowest BCUT2D eigenvalue weighted by atomic mass is 9.45. The molecule has 4 aliphatic rings. The lowest BCUT2D eigenvalue weighted by Crippen LogP contribution is -2.62. The molecule has 0 aliphatic heterocycles. The average Bonchev–Trinajstić information content (AvgIpc) is 3.15. The molecule has 0 spiro atoms. The SMILES string of the molecule is C[C@]12C[C@@H](O)[C@@H]3[C@H](CCC4=CC(=O)CC[C@]43C)[C@@H]1CC[C@@]2(O)C(=O)COC(=O)CCC(=O)N[C@@H](CO)C(=O)O. The number of nitrogens with one attached hydrogen (secondary N) is 1. The highest BCUT2D eigenvalue weighted by molar-refractivity contribution is 5.92. The molecule has 0 heterocycles. The number of aliphatic carboxylic acids is 1. The predicted molar refractivity (Wildman–Crippen MR) is 135 cm³/mol. The molecular weight excluding hydrogens is 510 g/mol. The summed E-state index contributed by atoms with van der Waals surface area (Å²) in [6.07, 6.45) is 3.88. The first-order valence-corrected chi connectivity index (χ1v) is 13.7. The van der Waals surface area contributed by atoms with Crippen LogP contribution in [-0.4, -0.2) is 80.8 Å². The molecule has 11 heteroatoms. The number of carboxylic acid groups (broad SMARTS) is 1. The van der Waals surface area contributed by atoms with Crippen LogP contribution in [0, 0.1) is 28.6 Å². The van der Waals surface area contributed by atoms with Gasteiger partial charge in [0.15, 0.2) is 12.4 Å². The van der Waals surface area contributed by atoms with Crippen molar-refractivity contribution < 1.29 is 49.1 Å². The number of rotatable bonds is 9. The first kappa shape index (κ1) is 29.4. The summed E-state index contributed by atoms with van der Waals surface area (Å²) in [5.41, 5.74) is -1.88. The van der Waals surface area contributed by atoms with Gasteiger partial charge in [-0.2, -0.15) is 0 Å². The summed E-state index contributed by atoms with van der Waals surface area (Å²) < 4.78 is 5.07. The van der Waals surface area contributed by atoms with Gasteiger partial charge in [0.2, 0.25) is 11.7 Å². The third kappa shape index (κ3) is 5.04. The molecule has 0 radical (unpaired) electrons. The minimum atomic E-state index is -1.78. The van der Waals surface area contributed by atoms with E-state index in [9.17, 15) is 34.2 Å². The van der Waals surface area contributed by atoms with Gasteiger partial charge in [0.05, 0.1) is 19.1 Å². The number of fused-ring (bicyclic) bond motifs is 5. The zero-order chi connectivity index (χ0) is 28.8. The fourth-order valence-electron chi connectivity index (χ4n) is 8.16. The molecule has 1 amide bonds. The van der Waals surface area contributed by atoms with Crippen LogP contribution < -0.4 is 5.32 Å². The van der Waals surface area contributed by atoms with E-state index in [4.69, 9.17) is 14.9 Å². The second-order valence-electron chi connectivity index (χ2n) is 12.2. The molecule has 3 fully saturated rings. The topological polar surface area (TPSA) is 188 Å². The Hall–Kier alpha value is -2.63. The maximum atomic E-state index is 13.3. The quantitative estimate of drug-likeness (QED) is 0.256. The summed E-state index contributed by atoms with van der Waals surface area (Å²) in [4.78, 5) is 60.3. The molecule has 0 unspecified atom stereocenters. The minimum absolute atomic E-state index is 0.0102. The zero-order valence-electron chi connectivity index (χ0n) is 22.5. The third-order valence-corrected chi connectivity index (χ3v) is 10.2. The van der Waals surface area contributed by atoms with E-state index in [1.807, 2.05) is 6.92 Å². The summed E-state index contributed by atoms with van der Waals surface area (Å²) in [6, 6.07) is -1.49. The number of carbonyl (C=O) groups is 5. The molecule has 0 saturated heterocycles. The van der Waals surface area contributed by atoms with Crippen LogP contribution in [0.25, 0.3) is 0 Å². The maximum Gasteiger partial charge on any atom is 0.328 e. The molecule has 0 bridgehead atoms. The van der Waals surface area contributed by atoms with E-state index in [0.29, 0.717) is 19.3 Å². The fraction of sp³-hybridized carbons (Fsp3) is 0.750. The van der Waals surface area contributed by atoms with E-state index in [2.05, 4.69) is 12.2 Å². The number of aliphatic hydroxyl groups excluding tert-OH is 2. The van der Waals surface area contributed by atoms with Crippen LogP contribution in [0.5, 0.6) is 0 Å². The smallest absolute Gasteiger partial charge is 0.328 e. The predicted octanol–water partition coefficient (Wildman–Crippen LogP) is 0.674. The molecule has 8 atom stereocenters. The molecule has 0 aromatic carbocycles. The van der Waals surface area contributed by atoms with E-state index in [1.54, 1.807) is 6.08 Å². The molecule has 216 valence electrons. The Labute approximate surface area is 227 Å². The second kappa shape index (κ2) is 10.7. The number of carbonyl (C=O) groups excluding carboxylic acids is 4. The molecule has 4 aliphatic carbocycles. The number of ether oxygens (including phenoxy) is 1. The summed E-state index contributed by atoms with van der Waals surface area (Å²) in [6.45, 7) is 2.49. The molecule has 5 N–H and O–H groups in total. The normalized spacial score (nSPS) is 38.0. The van der Waals surface area contributed by atoms with Crippen LogP contribution in [-0.2, 0) is 28.7 Å². The number of hydrogen-bond acceptors (Lipinski definition) is 9. The van der Waals surface area contributed by atoms with Crippen molar-refractivity contribution >= 4 is 29.4 Å². The monoisotopic (exact) mass is 549 g/mol. The maximum absolute atomic E-state index is 13.3. The van der Waals surface area contributed by atoms with Gasteiger partial charge >= 0.3 is 11.9 Å². The molecule has 39 heavy (non-hydrogen) atoms. The Morgan fingerprint density at radius 3 is 2.51 bits per heavy atom. The summed E-state index contributed by atoms with van der Waals surface area (Å²) in [7, 11) is 0. The molecule has 11 nitrogen and oxygen atoms in total. The molecule has 3 saturated carbocycles. The van der Waals surface area contributed by atoms with Gasteiger partial charge in [-0.1, -0.05) is 19.4 Å². The van der Waals surface area contributed by atoms with Crippen molar-refractivity contribution in [2.24, 2.45) is 28.6 Å². The lowest BCUT2D eigenvalue weighted by molar-refractivity contribution is -0.184. The number of carboxylic acids is 1. The summed E-state index contributed by atoms with van der Waals surface area (Å²) in [5, 5.41) is 43.1. The number of amides is 1. The van der Waals surface area contributed by atoms with Gasteiger partial charge in [-0.3, -0.25) is 19.2 Å². The van der Waals surface area contributed by atoms with Crippen LogP contribution in [0.1, 0.15) is 71.6 Å². The van der Waals surface area contributed by atoms with Crippen molar-refractivity contribution in [3.63, 3.8) is 0 Å². The first-order chi connectivity index (χ1) is 18.3. The largest absolute Gasteiger partial charge is 0.480 e. The van der Waals surface area contributed by atoms with E-state index in [0.717, 1.165) is 18.4 Å². The number of allylic oxidation sites excluding steroid dienone is 1. The molecule has 4 rings (SSSR count). The third-order valence-electron chi connectivity index (χ3n) is 10.2. The van der Waals surface area contributed by atoms with Crippen LogP contribution in [0.3, 0.4) is 0 Å². The standard InChI is InChI=1S/C28H39NO10/c1-26-9-7-16(31)11-15(26)3-4-17-18-8-10-28(38,27(18,2)12-20(32)24(17)26)21(33)14-39-23(35)6-5-22(34)29-19(13-30)25(36)37/h11,17-20,24,30,32,38H,3-10,12-14H2,1-2H3,(H,29,34)(H,36,37)/t17-,18+,19+,20-,24+,26-,27+,28-/m1/s1.